The molecular formula is C8H17NO3. The summed E-state index contributed by atoms with van der Waals surface area (Å²) in [6.45, 7) is 3.11. The molecule has 1 aliphatic heterocycles. The van der Waals surface area contributed by atoms with Crippen molar-refractivity contribution in [3.8, 4) is 0 Å². The van der Waals surface area contributed by atoms with E-state index in [9.17, 15) is 0 Å². The van der Waals surface area contributed by atoms with E-state index in [2.05, 4.69) is 5.32 Å². The molecular weight excluding hydrogens is 158 g/mol. The van der Waals surface area contributed by atoms with Gasteiger partial charge >= 0.3 is 0 Å². The van der Waals surface area contributed by atoms with E-state index >= 15 is 0 Å². The molecule has 0 aromatic rings. The first kappa shape index (κ1) is 9.92. The lowest BCUT2D eigenvalue weighted by Gasteiger charge is -2.28. The van der Waals surface area contributed by atoms with Crippen LogP contribution >= 0.6 is 0 Å². The van der Waals surface area contributed by atoms with Crippen LogP contribution in [0.4, 0.5) is 0 Å². The molecule has 0 aliphatic carbocycles. The molecule has 4 heteroatoms. The molecule has 0 aromatic carbocycles. The Morgan fingerprint density at radius 3 is 2.67 bits per heavy atom. The van der Waals surface area contributed by atoms with Crippen molar-refractivity contribution in [1.29, 1.82) is 0 Å². The Morgan fingerprint density at radius 1 is 1.50 bits per heavy atom. The molecule has 1 saturated heterocycles. The van der Waals surface area contributed by atoms with Crippen LogP contribution in [0.5, 0.6) is 0 Å². The monoisotopic (exact) mass is 175 g/mol. The van der Waals surface area contributed by atoms with Gasteiger partial charge in [-0.15, -0.1) is 0 Å². The Bertz CT molecular complexity index is 117. The predicted octanol–water partition coefficient (Wildman–Crippen LogP) is -0.364. The van der Waals surface area contributed by atoms with Crippen molar-refractivity contribution in [2.75, 3.05) is 40.6 Å². The average molecular weight is 175 g/mol. The van der Waals surface area contributed by atoms with Crippen LogP contribution in [0.1, 0.15) is 0 Å². The quantitative estimate of drug-likeness (QED) is 0.598. The number of rotatable bonds is 6. The Balaban J connectivity index is 2.01. The smallest absolute Gasteiger partial charge is 0.0928 e. The number of hydrogen-bond donors (Lipinski definition) is 1. The van der Waals surface area contributed by atoms with E-state index in [0.717, 1.165) is 19.8 Å². The number of nitrogens with one attached hydrogen (secondary N) is 1. The Kier molecular flexibility index (Phi) is 4.53. The third-order valence-electron chi connectivity index (χ3n) is 1.96. The van der Waals surface area contributed by atoms with Crippen LogP contribution in [-0.4, -0.2) is 52.7 Å². The normalized spacial score (nSPS) is 20.5. The molecule has 0 bridgehead atoms. The lowest BCUT2D eigenvalue weighted by Crippen LogP contribution is -2.49. The fourth-order valence-corrected chi connectivity index (χ4v) is 1.05. The lowest BCUT2D eigenvalue weighted by molar-refractivity contribution is -0.0203. The summed E-state index contributed by atoms with van der Waals surface area (Å²) < 4.78 is 15.2. The third-order valence-corrected chi connectivity index (χ3v) is 1.96. The van der Waals surface area contributed by atoms with Gasteiger partial charge in [-0.2, -0.15) is 0 Å². The second-order valence-electron chi connectivity index (χ2n) is 2.96. The van der Waals surface area contributed by atoms with Gasteiger partial charge in [0.2, 0.25) is 0 Å². The van der Waals surface area contributed by atoms with Gasteiger partial charge in [-0.1, -0.05) is 0 Å². The van der Waals surface area contributed by atoms with E-state index in [4.69, 9.17) is 14.2 Å². The Hall–Kier alpha value is -0.160. The molecule has 1 unspecified atom stereocenters. The molecule has 1 fully saturated rings. The summed E-state index contributed by atoms with van der Waals surface area (Å²) in [6.07, 6.45) is 0.149. The molecule has 0 aromatic heterocycles. The van der Waals surface area contributed by atoms with Gasteiger partial charge in [0.15, 0.2) is 0 Å². The minimum absolute atomic E-state index is 0.149. The van der Waals surface area contributed by atoms with E-state index in [1.165, 1.54) is 0 Å². The summed E-state index contributed by atoms with van der Waals surface area (Å²) in [5, 5.41) is 3.32. The van der Waals surface area contributed by atoms with Gasteiger partial charge in [0, 0.05) is 20.8 Å². The summed E-state index contributed by atoms with van der Waals surface area (Å²) in [5.74, 6) is 0. The van der Waals surface area contributed by atoms with E-state index in [0.29, 0.717) is 12.6 Å². The Labute approximate surface area is 73.2 Å². The van der Waals surface area contributed by atoms with Crippen LogP contribution < -0.4 is 5.32 Å². The van der Waals surface area contributed by atoms with Crippen molar-refractivity contribution in [3.63, 3.8) is 0 Å². The number of methoxy groups -OCH3 is 2. The minimum atomic E-state index is 0.149. The molecule has 1 atom stereocenters. The first-order valence-corrected chi connectivity index (χ1v) is 4.19. The van der Waals surface area contributed by atoms with Crippen LogP contribution in [0.3, 0.4) is 0 Å². The fraction of sp³-hybridized carbons (Fsp3) is 1.00. The van der Waals surface area contributed by atoms with Gasteiger partial charge in [0.1, 0.15) is 0 Å². The maximum Gasteiger partial charge on any atom is 0.0928 e. The maximum absolute atomic E-state index is 5.18. The second-order valence-corrected chi connectivity index (χ2v) is 2.96. The zero-order valence-corrected chi connectivity index (χ0v) is 7.71. The first-order chi connectivity index (χ1) is 5.86. The summed E-state index contributed by atoms with van der Waals surface area (Å²) >= 11 is 0. The minimum Gasteiger partial charge on any atom is -0.382 e. The van der Waals surface area contributed by atoms with Crippen molar-refractivity contribution < 1.29 is 14.2 Å². The highest BCUT2D eigenvalue weighted by atomic mass is 16.5. The second kappa shape index (κ2) is 5.48. The summed E-state index contributed by atoms with van der Waals surface area (Å²) in [4.78, 5) is 0. The van der Waals surface area contributed by atoms with Crippen LogP contribution in [0, 0.1) is 0 Å². The van der Waals surface area contributed by atoms with E-state index in [-0.39, 0.29) is 6.10 Å². The molecule has 0 saturated carbocycles. The summed E-state index contributed by atoms with van der Waals surface area (Å²) in [5.41, 5.74) is 0. The van der Waals surface area contributed by atoms with Crippen molar-refractivity contribution in [3.05, 3.63) is 0 Å². The maximum atomic E-state index is 5.18. The molecule has 1 heterocycles. The highest BCUT2D eigenvalue weighted by Crippen LogP contribution is 1.99. The molecule has 72 valence electrons. The van der Waals surface area contributed by atoms with Crippen LogP contribution in [0.15, 0.2) is 0 Å². The average Bonchev–Trinajstić information content (AvgIpc) is 2.00. The van der Waals surface area contributed by atoms with Crippen LogP contribution in [0.25, 0.3) is 0 Å². The van der Waals surface area contributed by atoms with Gasteiger partial charge in [-0.3, -0.25) is 0 Å². The highest BCUT2D eigenvalue weighted by molar-refractivity contribution is 4.74. The number of ether oxygens (including phenoxy) is 3. The van der Waals surface area contributed by atoms with Gasteiger partial charge in [-0.25, -0.2) is 0 Å². The zero-order valence-electron chi connectivity index (χ0n) is 7.71. The Morgan fingerprint density at radius 2 is 2.25 bits per heavy atom. The van der Waals surface area contributed by atoms with Gasteiger partial charge in [0.25, 0.3) is 0 Å². The molecule has 4 nitrogen and oxygen atoms in total. The largest absolute Gasteiger partial charge is 0.382 e. The predicted molar refractivity (Wildman–Crippen MR) is 45.3 cm³/mol. The summed E-state index contributed by atoms with van der Waals surface area (Å²) in [6, 6.07) is 0.513. The number of hydrogen-bond acceptors (Lipinski definition) is 4. The SMILES string of the molecule is COCC(CNC1COC1)OC. The van der Waals surface area contributed by atoms with Gasteiger partial charge < -0.3 is 19.5 Å². The van der Waals surface area contributed by atoms with E-state index in [1.54, 1.807) is 14.2 Å². The summed E-state index contributed by atoms with van der Waals surface area (Å²) in [7, 11) is 3.38. The van der Waals surface area contributed by atoms with Crippen molar-refractivity contribution in [2.45, 2.75) is 12.1 Å². The van der Waals surface area contributed by atoms with Gasteiger partial charge in [0.05, 0.1) is 32.0 Å². The van der Waals surface area contributed by atoms with E-state index < -0.39 is 0 Å². The highest BCUT2D eigenvalue weighted by Gasteiger charge is 2.18. The van der Waals surface area contributed by atoms with Crippen molar-refractivity contribution in [1.82, 2.24) is 5.32 Å². The topological polar surface area (TPSA) is 39.7 Å². The molecule has 0 amide bonds. The zero-order chi connectivity index (χ0) is 8.81. The van der Waals surface area contributed by atoms with Crippen LogP contribution in [-0.2, 0) is 14.2 Å². The molecule has 1 rings (SSSR count). The van der Waals surface area contributed by atoms with Gasteiger partial charge in [-0.05, 0) is 0 Å². The molecule has 1 N–H and O–H groups in total. The lowest BCUT2D eigenvalue weighted by atomic mass is 10.2. The molecule has 0 spiro atoms. The molecule has 0 radical (unpaired) electrons. The fourth-order valence-electron chi connectivity index (χ4n) is 1.05. The van der Waals surface area contributed by atoms with Crippen LogP contribution in [0.2, 0.25) is 0 Å². The van der Waals surface area contributed by atoms with Crippen molar-refractivity contribution in [2.24, 2.45) is 0 Å². The first-order valence-electron chi connectivity index (χ1n) is 4.19. The molecule has 12 heavy (non-hydrogen) atoms. The molecule has 1 aliphatic rings. The van der Waals surface area contributed by atoms with Crippen molar-refractivity contribution >= 4 is 0 Å². The standard InChI is InChI=1S/C8H17NO3/c1-10-6-8(11-2)3-9-7-4-12-5-7/h7-9H,3-6H2,1-2H3. The van der Waals surface area contributed by atoms with E-state index in [1.807, 2.05) is 0 Å². The third kappa shape index (κ3) is 3.06.